The van der Waals surface area contributed by atoms with Gasteiger partial charge in [-0.2, -0.15) is 0 Å². The molecule has 0 radical (unpaired) electrons. The molecule has 1 aromatic rings. The molecule has 1 saturated carbocycles. The average molecular weight is 537 g/mol. The van der Waals surface area contributed by atoms with E-state index in [1.54, 1.807) is 0 Å². The first-order valence-corrected chi connectivity index (χ1v) is 10.6. The molecule has 2 aliphatic rings. The molecule has 3 rings (SSSR count). The lowest BCUT2D eigenvalue weighted by molar-refractivity contribution is -0.139. The fourth-order valence-corrected chi connectivity index (χ4v) is 4.13. The van der Waals surface area contributed by atoms with Crippen LogP contribution in [0.1, 0.15) is 25.0 Å². The van der Waals surface area contributed by atoms with Crippen molar-refractivity contribution < 1.29 is 4.79 Å². The number of piperazine rings is 1. The third kappa shape index (κ3) is 6.49. The molecular formula is C20H34ClIN6O. The fraction of sp³-hybridized carbons (Fsp3) is 0.700. The molecule has 7 nitrogen and oxygen atoms in total. The molecule has 0 bridgehead atoms. The Morgan fingerprint density at radius 1 is 1.31 bits per heavy atom. The number of carbonyl (C=O) groups excluding carboxylic acids is 1. The summed E-state index contributed by atoms with van der Waals surface area (Å²) < 4.78 is 2.04. The van der Waals surface area contributed by atoms with Gasteiger partial charge in [-0.1, -0.05) is 18.0 Å². The van der Waals surface area contributed by atoms with Gasteiger partial charge in [0.1, 0.15) is 0 Å². The number of carbonyl (C=O) groups is 1. The molecule has 1 N–H and O–H groups in total. The molecule has 1 aliphatic heterocycles. The molecule has 0 unspecified atom stereocenters. The van der Waals surface area contributed by atoms with Crippen molar-refractivity contribution >= 4 is 47.4 Å². The fourth-order valence-electron chi connectivity index (χ4n) is 3.86. The number of guanidine groups is 1. The van der Waals surface area contributed by atoms with Crippen LogP contribution in [-0.4, -0.2) is 84.5 Å². The summed E-state index contributed by atoms with van der Waals surface area (Å²) in [5.41, 5.74) is 1.14. The van der Waals surface area contributed by atoms with Gasteiger partial charge in [-0.3, -0.25) is 14.7 Å². The van der Waals surface area contributed by atoms with E-state index in [-0.39, 0.29) is 24.0 Å². The minimum atomic E-state index is 0. The van der Waals surface area contributed by atoms with Crippen LogP contribution in [0.5, 0.6) is 0 Å². The number of aryl methyl sites for hydroxylation is 1. The molecular weight excluding hydrogens is 503 g/mol. The summed E-state index contributed by atoms with van der Waals surface area (Å²) >= 11 is 6.08. The number of rotatable bonds is 6. The maximum Gasteiger partial charge on any atom is 0.225 e. The molecule has 9 heteroatoms. The number of hydrogen-bond donors (Lipinski definition) is 1. The average Bonchev–Trinajstić information content (AvgIpc) is 2.94. The first-order valence-electron chi connectivity index (χ1n) is 10.2. The number of amides is 1. The quantitative estimate of drug-likeness (QED) is 0.344. The Morgan fingerprint density at radius 2 is 2.00 bits per heavy atom. The van der Waals surface area contributed by atoms with Gasteiger partial charge in [0.25, 0.3) is 0 Å². The number of hydrogen-bond acceptors (Lipinski definition) is 3. The topological polar surface area (TPSA) is 56.1 Å². The number of aromatic nitrogens is 1. The lowest BCUT2D eigenvalue weighted by atomic mass is 9.84. The molecule has 164 valence electrons. The number of nitrogens with one attached hydrogen (secondary N) is 1. The van der Waals surface area contributed by atoms with Crippen molar-refractivity contribution in [3.05, 3.63) is 23.0 Å². The zero-order chi connectivity index (χ0) is 20.1. The maximum absolute atomic E-state index is 12.3. The highest BCUT2D eigenvalue weighted by Gasteiger charge is 2.31. The summed E-state index contributed by atoms with van der Waals surface area (Å²) in [5, 5.41) is 4.20. The van der Waals surface area contributed by atoms with Crippen LogP contribution in [0.3, 0.4) is 0 Å². The van der Waals surface area contributed by atoms with E-state index in [2.05, 4.69) is 25.0 Å². The first kappa shape index (κ1) is 24.3. The standard InChI is InChI=1S/C20H33ClN6O.HI/c1-22-20(25(3)15-18-13-17(21)14-24(18)2)23-7-8-26-9-11-27(12-10-26)19(28)16-5-4-6-16;/h13-14,16H,4-12,15H2,1-3H3,(H,22,23);1H. The SMILES string of the molecule is CN=C(NCCN1CCN(C(=O)C2CCC2)CC1)N(C)Cc1cc(Cl)cn1C.I. The van der Waals surface area contributed by atoms with Gasteiger partial charge in [-0.05, 0) is 18.9 Å². The highest BCUT2D eigenvalue weighted by molar-refractivity contribution is 14.0. The van der Waals surface area contributed by atoms with Crippen LogP contribution in [0.2, 0.25) is 5.02 Å². The molecule has 2 fully saturated rings. The van der Waals surface area contributed by atoms with Crippen molar-refractivity contribution in [1.29, 1.82) is 0 Å². The molecule has 2 heterocycles. The van der Waals surface area contributed by atoms with Crippen molar-refractivity contribution in [3.8, 4) is 0 Å². The van der Waals surface area contributed by atoms with Gasteiger partial charge in [0.05, 0.1) is 11.6 Å². The second-order valence-electron chi connectivity index (χ2n) is 7.89. The van der Waals surface area contributed by atoms with Gasteiger partial charge in [-0.15, -0.1) is 24.0 Å². The van der Waals surface area contributed by atoms with E-state index in [0.29, 0.717) is 11.8 Å². The van der Waals surface area contributed by atoms with Crippen molar-refractivity contribution in [2.24, 2.45) is 18.0 Å². The van der Waals surface area contributed by atoms with E-state index in [0.717, 1.165) is 75.3 Å². The summed E-state index contributed by atoms with van der Waals surface area (Å²) in [6, 6.07) is 1.98. The van der Waals surface area contributed by atoms with E-state index < -0.39 is 0 Å². The van der Waals surface area contributed by atoms with E-state index in [1.165, 1.54) is 6.42 Å². The number of halogens is 2. The van der Waals surface area contributed by atoms with Gasteiger partial charge in [0.15, 0.2) is 5.96 Å². The highest BCUT2D eigenvalue weighted by Crippen LogP contribution is 2.28. The highest BCUT2D eigenvalue weighted by atomic mass is 127. The van der Waals surface area contributed by atoms with Gasteiger partial charge in [-0.25, -0.2) is 0 Å². The number of nitrogens with zero attached hydrogens (tertiary/aromatic N) is 5. The van der Waals surface area contributed by atoms with Crippen LogP contribution in [-0.2, 0) is 18.4 Å². The van der Waals surface area contributed by atoms with Crippen molar-refractivity contribution in [2.45, 2.75) is 25.8 Å². The van der Waals surface area contributed by atoms with Gasteiger partial charge >= 0.3 is 0 Å². The Morgan fingerprint density at radius 3 is 2.52 bits per heavy atom. The Bertz CT molecular complexity index is 697. The largest absolute Gasteiger partial charge is 0.355 e. The van der Waals surface area contributed by atoms with E-state index in [1.807, 2.05) is 38.0 Å². The second-order valence-corrected chi connectivity index (χ2v) is 8.32. The molecule has 0 atom stereocenters. The zero-order valence-corrected chi connectivity index (χ0v) is 20.8. The van der Waals surface area contributed by atoms with Gasteiger partial charge in [0, 0.05) is 78.2 Å². The summed E-state index contributed by atoms with van der Waals surface area (Å²) in [7, 11) is 5.84. The van der Waals surface area contributed by atoms with Gasteiger partial charge < -0.3 is 19.7 Å². The maximum atomic E-state index is 12.3. The van der Waals surface area contributed by atoms with Crippen molar-refractivity contribution in [3.63, 3.8) is 0 Å². The van der Waals surface area contributed by atoms with E-state index in [9.17, 15) is 4.79 Å². The van der Waals surface area contributed by atoms with Crippen LogP contribution in [0.15, 0.2) is 17.3 Å². The second kappa shape index (κ2) is 11.4. The molecule has 0 spiro atoms. The molecule has 29 heavy (non-hydrogen) atoms. The van der Waals surface area contributed by atoms with E-state index >= 15 is 0 Å². The molecule has 1 aromatic heterocycles. The lowest BCUT2D eigenvalue weighted by Crippen LogP contribution is -2.52. The van der Waals surface area contributed by atoms with Gasteiger partial charge in [0.2, 0.25) is 5.91 Å². The Labute approximate surface area is 196 Å². The van der Waals surface area contributed by atoms with Crippen LogP contribution in [0.25, 0.3) is 0 Å². The normalized spacial score (nSPS) is 18.2. The first-order chi connectivity index (χ1) is 13.5. The van der Waals surface area contributed by atoms with Crippen molar-refractivity contribution in [1.82, 2.24) is 24.6 Å². The molecule has 1 aliphatic carbocycles. The minimum Gasteiger partial charge on any atom is -0.355 e. The third-order valence-electron chi connectivity index (χ3n) is 5.90. The van der Waals surface area contributed by atoms with Crippen LogP contribution >= 0.6 is 35.6 Å². The zero-order valence-electron chi connectivity index (χ0n) is 17.7. The Hall–Kier alpha value is -1.000. The van der Waals surface area contributed by atoms with Crippen molar-refractivity contribution in [2.75, 3.05) is 53.4 Å². The Kier molecular flexibility index (Phi) is 9.55. The van der Waals surface area contributed by atoms with Crippen LogP contribution < -0.4 is 5.32 Å². The minimum absolute atomic E-state index is 0. The summed E-state index contributed by atoms with van der Waals surface area (Å²) in [6.07, 6.45) is 5.31. The predicted molar refractivity (Wildman–Crippen MR) is 129 cm³/mol. The summed E-state index contributed by atoms with van der Waals surface area (Å²) in [5.74, 6) is 1.56. The van der Waals surface area contributed by atoms with Crippen LogP contribution in [0.4, 0.5) is 0 Å². The van der Waals surface area contributed by atoms with Crippen LogP contribution in [0, 0.1) is 5.92 Å². The monoisotopic (exact) mass is 536 g/mol. The molecule has 1 amide bonds. The summed E-state index contributed by atoms with van der Waals surface area (Å²) in [6.45, 7) is 6.16. The molecule has 1 saturated heterocycles. The lowest BCUT2D eigenvalue weighted by Gasteiger charge is -2.38. The van der Waals surface area contributed by atoms with E-state index in [4.69, 9.17) is 11.6 Å². The third-order valence-corrected chi connectivity index (χ3v) is 6.10. The number of aliphatic imine (C=N–C) groups is 1. The predicted octanol–water partition coefficient (Wildman–Crippen LogP) is 2.25. The summed E-state index contributed by atoms with van der Waals surface area (Å²) in [4.78, 5) is 23.3. The smallest absolute Gasteiger partial charge is 0.225 e. The Balaban J connectivity index is 0.00000300. The molecule has 0 aromatic carbocycles.